The topological polar surface area (TPSA) is 35.2 Å². The average molecular weight is 1010 g/mol. The fourth-order valence-corrected chi connectivity index (χ4v) is 11.5. The van der Waals surface area contributed by atoms with E-state index in [1.807, 2.05) is 93.7 Å². The Labute approximate surface area is 464 Å². The molecule has 5 heteroatoms. The van der Waals surface area contributed by atoms with Gasteiger partial charge in [-0.2, -0.15) is 0 Å². The van der Waals surface area contributed by atoms with Gasteiger partial charge >= 0.3 is 0 Å². The number of para-hydroxylation sites is 2. The Morgan fingerprint density at radius 3 is 1.75 bits per heavy atom. The van der Waals surface area contributed by atoms with Crippen LogP contribution < -0.4 is 9.64 Å². The van der Waals surface area contributed by atoms with Crippen molar-refractivity contribution in [3.63, 3.8) is 0 Å². The molecule has 0 fully saturated rings. The van der Waals surface area contributed by atoms with E-state index in [0.717, 1.165) is 93.5 Å². The number of hydrogen-bond donors (Lipinski definition) is 0. The van der Waals surface area contributed by atoms with E-state index in [0.29, 0.717) is 28.2 Å². The smallest absolute Gasteiger partial charge is 0.137 e. The number of rotatable bonds is 6. The van der Waals surface area contributed by atoms with E-state index in [-0.39, 0.29) is 17.6 Å². The fraction of sp³-hybridized carbons (Fsp3) is 0.181. The molecule has 1 aliphatic rings. The number of nitrogens with zero attached hydrogens (tertiary/aromatic N) is 4. The highest BCUT2D eigenvalue weighted by Gasteiger charge is 2.29. The number of anilines is 2. The van der Waals surface area contributed by atoms with Crippen LogP contribution in [0.3, 0.4) is 0 Å². The minimum Gasteiger partial charge on any atom is -0.457 e. The Hall–Kier alpha value is -8.67. The van der Waals surface area contributed by atoms with Crippen molar-refractivity contribution in [2.45, 2.75) is 85.0 Å². The minimum atomic E-state index is -3.48. The van der Waals surface area contributed by atoms with E-state index in [1.165, 1.54) is 17.7 Å². The summed E-state index contributed by atoms with van der Waals surface area (Å²) in [5, 5.41) is 7.97. The molecule has 0 N–H and O–H groups in total. The lowest BCUT2D eigenvalue weighted by atomic mass is 9.78. The predicted octanol–water partition coefficient (Wildman–Crippen LogP) is 19.8. The summed E-state index contributed by atoms with van der Waals surface area (Å²) in [6.45, 7) is 2.32. The molecule has 0 spiro atoms. The molecule has 0 bridgehead atoms. The van der Waals surface area contributed by atoms with Gasteiger partial charge in [-0.05, 0) is 126 Å². The van der Waals surface area contributed by atoms with Crippen LogP contribution in [0.4, 0.5) is 11.4 Å². The zero-order chi connectivity index (χ0) is 60.5. The van der Waals surface area contributed by atoms with E-state index in [1.54, 1.807) is 0 Å². The van der Waals surface area contributed by atoms with Crippen LogP contribution >= 0.6 is 0 Å². The van der Waals surface area contributed by atoms with Crippen LogP contribution in [0.5, 0.6) is 11.5 Å². The van der Waals surface area contributed by atoms with Crippen molar-refractivity contribution in [3.05, 3.63) is 229 Å². The molecule has 5 nitrogen and oxygen atoms in total. The van der Waals surface area contributed by atoms with Crippen LogP contribution in [0.2, 0.25) is 0 Å². The zero-order valence-electron chi connectivity index (χ0n) is 53.1. The van der Waals surface area contributed by atoms with Gasteiger partial charge in [0.1, 0.15) is 24.0 Å². The van der Waals surface area contributed by atoms with Crippen LogP contribution in [0.15, 0.2) is 212 Å². The molecule has 0 atom stereocenters. The standard InChI is InChI=1S/C72H64N4O/c1-70(2,3)49-35-36-73-67(42-49)76-64-32-18-17-29-60(64)61-34-33-54(44-65(61)76)77-53-24-19-23-52(43-53)74-45-75-68-55(48-37-50(71(4,5)6)41-51(38-48)72(7,8)9)30-20-31-62(68)58-27-15-13-25-56(58)57-26-14-16-28-59(57)63-39-47(40-66(74)69(63)75)46-21-11-10-12-22-46/h10-44H,45H2,1-9H3/i4D3,5D3,6D3. The Morgan fingerprint density at radius 2 is 1.04 bits per heavy atom. The van der Waals surface area contributed by atoms with Crippen molar-refractivity contribution in [2.24, 2.45) is 0 Å². The van der Waals surface area contributed by atoms with Gasteiger partial charge in [-0.15, -0.1) is 0 Å². The van der Waals surface area contributed by atoms with Gasteiger partial charge in [-0.3, -0.25) is 4.57 Å². The van der Waals surface area contributed by atoms with Gasteiger partial charge in [0.05, 0.1) is 27.8 Å². The Balaban J connectivity index is 1.08. The van der Waals surface area contributed by atoms with Crippen molar-refractivity contribution in [1.29, 1.82) is 0 Å². The number of fused-ring (bicyclic) bond motifs is 10. The van der Waals surface area contributed by atoms with Gasteiger partial charge in [0.15, 0.2) is 0 Å². The largest absolute Gasteiger partial charge is 0.457 e. The number of aromatic nitrogens is 3. The minimum absolute atomic E-state index is 0.0883. The molecule has 0 radical (unpaired) electrons. The fourth-order valence-electron chi connectivity index (χ4n) is 11.5. The molecular weight excluding hydrogens is 937 g/mol. The number of benzene rings is 9. The monoisotopic (exact) mass is 1010 g/mol. The molecular formula is C72H64N4O. The first kappa shape index (κ1) is 38.8. The van der Waals surface area contributed by atoms with Crippen molar-refractivity contribution in [3.8, 4) is 39.6 Å². The molecule has 3 aromatic heterocycles. The van der Waals surface area contributed by atoms with Gasteiger partial charge in [0, 0.05) is 63.5 Å². The van der Waals surface area contributed by atoms with Crippen LogP contribution in [-0.4, -0.2) is 14.1 Å². The van der Waals surface area contributed by atoms with Crippen LogP contribution in [-0.2, 0) is 22.9 Å². The molecule has 0 amide bonds. The number of ether oxygens (including phenoxy) is 1. The van der Waals surface area contributed by atoms with Crippen molar-refractivity contribution in [2.75, 3.05) is 4.90 Å². The summed E-state index contributed by atoms with van der Waals surface area (Å²) in [5.74, 6) is 2.09. The molecule has 0 aliphatic carbocycles. The Morgan fingerprint density at radius 1 is 0.429 bits per heavy atom. The molecule has 13 rings (SSSR count). The third kappa shape index (κ3) is 8.37. The summed E-state index contributed by atoms with van der Waals surface area (Å²) in [5.41, 5.74) is 6.03. The molecule has 0 unspecified atom stereocenters. The van der Waals surface area contributed by atoms with Crippen LogP contribution in [0.25, 0.3) is 93.2 Å². The molecule has 12 aromatic rings. The summed E-state index contributed by atoms with van der Waals surface area (Å²) in [7, 11) is 0. The molecule has 77 heavy (non-hydrogen) atoms. The molecule has 0 saturated carbocycles. The predicted molar refractivity (Wildman–Crippen MR) is 326 cm³/mol. The van der Waals surface area contributed by atoms with Crippen molar-refractivity contribution < 1.29 is 17.1 Å². The Bertz CT molecular complexity index is 4730. The maximum absolute atomic E-state index is 8.88. The summed E-state index contributed by atoms with van der Waals surface area (Å²) in [6, 6.07) is 69.6. The maximum Gasteiger partial charge on any atom is 0.137 e. The van der Waals surface area contributed by atoms with Gasteiger partial charge < -0.3 is 14.2 Å². The van der Waals surface area contributed by atoms with Gasteiger partial charge in [0.2, 0.25) is 0 Å². The van der Waals surface area contributed by atoms with Gasteiger partial charge in [0.25, 0.3) is 0 Å². The highest BCUT2D eigenvalue weighted by Crippen LogP contribution is 2.48. The Kier molecular flexibility index (Phi) is 9.07. The first-order valence-corrected chi connectivity index (χ1v) is 26.4. The van der Waals surface area contributed by atoms with Gasteiger partial charge in [-0.1, -0.05) is 202 Å². The highest BCUT2D eigenvalue weighted by atomic mass is 16.5. The maximum atomic E-state index is 8.88. The van der Waals surface area contributed by atoms with Crippen molar-refractivity contribution >= 4 is 76.5 Å². The van der Waals surface area contributed by atoms with Crippen LogP contribution in [0, 0.1) is 0 Å². The first-order chi connectivity index (χ1) is 40.8. The second kappa shape index (κ2) is 18.0. The third-order valence-corrected chi connectivity index (χ3v) is 15.5. The van der Waals surface area contributed by atoms with E-state index >= 15 is 0 Å². The van der Waals surface area contributed by atoms with E-state index in [9.17, 15) is 0 Å². The molecule has 1 aliphatic heterocycles. The second-order valence-corrected chi connectivity index (χ2v) is 22.6. The summed E-state index contributed by atoms with van der Waals surface area (Å²) in [4.78, 5) is 7.21. The van der Waals surface area contributed by atoms with Crippen LogP contribution in [0.1, 0.15) is 91.1 Å². The molecule has 0 saturated heterocycles. The lowest BCUT2D eigenvalue weighted by Crippen LogP contribution is -2.17. The summed E-state index contributed by atoms with van der Waals surface area (Å²) in [6.07, 6.45) is 1.88. The summed E-state index contributed by atoms with van der Waals surface area (Å²) >= 11 is 0. The van der Waals surface area contributed by atoms with E-state index in [4.69, 9.17) is 22.1 Å². The zero-order valence-corrected chi connectivity index (χ0v) is 44.1. The van der Waals surface area contributed by atoms with Crippen molar-refractivity contribution in [1.82, 2.24) is 14.1 Å². The SMILES string of the molecule is [2H]C([2H])([2H])C(c1cc(-c2cccc3c4ccccc4c4ccccc4c4cc(-c5ccccc5)cc5c4n(c23)CN5c2cccc(Oc3ccc4c5ccccc5n(-c5cc(C(C)(C)C)ccn5)c4c3)c2)cc(C(C)(C)C)c1)(C([2H])([2H])[2H])C([2H])([2H])[2H]. The molecule has 378 valence electrons. The lowest BCUT2D eigenvalue weighted by Gasteiger charge is -2.27. The summed E-state index contributed by atoms with van der Waals surface area (Å²) < 4.78 is 91.4. The highest BCUT2D eigenvalue weighted by molar-refractivity contribution is 6.22. The number of pyridine rings is 1. The van der Waals surface area contributed by atoms with E-state index in [2.05, 4.69) is 162 Å². The molecule has 4 heterocycles. The normalized spacial score (nSPS) is 15.1. The third-order valence-electron chi connectivity index (χ3n) is 15.5. The first-order valence-electron chi connectivity index (χ1n) is 30.9. The second-order valence-electron chi connectivity index (χ2n) is 22.6. The lowest BCUT2D eigenvalue weighted by molar-refractivity contribution is 0.483. The molecule has 9 aromatic carbocycles. The number of hydrogen-bond acceptors (Lipinski definition) is 3. The average Bonchev–Trinajstić information content (AvgIpc) is 0.925. The quantitative estimate of drug-likeness (QED) is 0.166. The van der Waals surface area contributed by atoms with Gasteiger partial charge in [-0.25, -0.2) is 4.98 Å². The van der Waals surface area contributed by atoms with E-state index < -0.39 is 31.4 Å².